The number of aryl methyl sites for hydroxylation is 2. The molecule has 11 heteroatoms. The lowest BCUT2D eigenvalue weighted by Gasteiger charge is -2.22. The number of carbonyl (C=O) groups excluding carboxylic acids is 2. The number of hydrogen-bond acceptors (Lipinski definition) is 7. The molecule has 0 bridgehead atoms. The zero-order chi connectivity index (χ0) is 22.5. The number of carbonyl (C=O) groups is 2. The lowest BCUT2D eigenvalue weighted by atomic mass is 10.2. The van der Waals surface area contributed by atoms with Crippen molar-refractivity contribution in [2.45, 2.75) is 64.4 Å². The van der Waals surface area contributed by atoms with Crippen LogP contribution in [-0.4, -0.2) is 73.1 Å². The second kappa shape index (κ2) is 9.78. The SMILES string of the molecule is Cc1noc(C)c1S(=O)(=O)N1CCCN(C(=O)CCCNC(=O)OC(C)(C)C)CC1. The predicted molar refractivity (Wildman–Crippen MR) is 109 cm³/mol. The van der Waals surface area contributed by atoms with Gasteiger partial charge in [0, 0.05) is 39.1 Å². The van der Waals surface area contributed by atoms with Crippen molar-refractivity contribution < 1.29 is 27.3 Å². The highest BCUT2D eigenvalue weighted by molar-refractivity contribution is 7.89. The molecule has 1 aliphatic heterocycles. The number of ether oxygens (including phenoxy) is 1. The van der Waals surface area contributed by atoms with Gasteiger partial charge in [-0.3, -0.25) is 4.79 Å². The van der Waals surface area contributed by atoms with Crippen LogP contribution in [0.25, 0.3) is 0 Å². The molecular weight excluding hydrogens is 412 g/mol. The van der Waals surface area contributed by atoms with Gasteiger partial charge in [0.2, 0.25) is 15.9 Å². The van der Waals surface area contributed by atoms with Gasteiger partial charge in [-0.1, -0.05) is 5.16 Å². The van der Waals surface area contributed by atoms with Crippen molar-refractivity contribution in [2.24, 2.45) is 0 Å². The highest BCUT2D eigenvalue weighted by atomic mass is 32.2. The summed E-state index contributed by atoms with van der Waals surface area (Å²) >= 11 is 0. The third kappa shape index (κ3) is 6.43. The molecule has 2 heterocycles. The van der Waals surface area contributed by atoms with Gasteiger partial charge in [-0.25, -0.2) is 13.2 Å². The van der Waals surface area contributed by atoms with E-state index in [4.69, 9.17) is 9.26 Å². The average molecular weight is 445 g/mol. The molecule has 1 saturated heterocycles. The Morgan fingerprint density at radius 1 is 1.17 bits per heavy atom. The van der Waals surface area contributed by atoms with Gasteiger partial charge in [-0.2, -0.15) is 4.31 Å². The van der Waals surface area contributed by atoms with Gasteiger partial charge in [0.1, 0.15) is 16.2 Å². The summed E-state index contributed by atoms with van der Waals surface area (Å²) in [5, 5.41) is 6.36. The summed E-state index contributed by atoms with van der Waals surface area (Å²) in [5.41, 5.74) is -0.232. The van der Waals surface area contributed by atoms with Crippen molar-refractivity contribution in [1.82, 2.24) is 19.7 Å². The van der Waals surface area contributed by atoms with E-state index in [9.17, 15) is 18.0 Å². The summed E-state index contributed by atoms with van der Waals surface area (Å²) < 4.78 is 37.5. The van der Waals surface area contributed by atoms with Gasteiger partial charge >= 0.3 is 6.09 Å². The number of alkyl carbamates (subject to hydrolysis) is 1. The van der Waals surface area contributed by atoms with E-state index in [1.54, 1.807) is 39.5 Å². The van der Waals surface area contributed by atoms with Crippen molar-refractivity contribution in [2.75, 3.05) is 32.7 Å². The number of hydrogen-bond donors (Lipinski definition) is 1. The maximum Gasteiger partial charge on any atom is 0.407 e. The molecule has 30 heavy (non-hydrogen) atoms. The molecule has 0 radical (unpaired) electrons. The Hall–Kier alpha value is -2.14. The maximum atomic E-state index is 13.0. The van der Waals surface area contributed by atoms with Crippen molar-refractivity contribution in [3.8, 4) is 0 Å². The first-order valence-electron chi connectivity index (χ1n) is 10.1. The molecule has 1 aromatic rings. The van der Waals surface area contributed by atoms with Crippen LogP contribution in [0.3, 0.4) is 0 Å². The molecule has 0 aliphatic carbocycles. The fraction of sp³-hybridized carbons (Fsp3) is 0.737. The molecule has 0 atom stereocenters. The Labute approximate surface area is 177 Å². The molecule has 10 nitrogen and oxygen atoms in total. The van der Waals surface area contributed by atoms with Crippen molar-refractivity contribution in [1.29, 1.82) is 0 Å². The van der Waals surface area contributed by atoms with Crippen molar-refractivity contribution in [3.63, 3.8) is 0 Å². The molecule has 0 unspecified atom stereocenters. The average Bonchev–Trinajstić information content (AvgIpc) is 2.83. The Morgan fingerprint density at radius 3 is 2.47 bits per heavy atom. The number of sulfonamides is 1. The number of amides is 2. The van der Waals surface area contributed by atoms with Crippen LogP contribution in [0.2, 0.25) is 0 Å². The molecule has 1 aliphatic rings. The minimum absolute atomic E-state index is 0.0578. The Bertz CT molecular complexity index is 839. The standard InChI is InChI=1S/C19H32N4O6S/c1-14-17(15(2)29-21-14)30(26,27)23-11-7-10-22(12-13-23)16(24)8-6-9-20-18(25)28-19(3,4)5/h6-13H2,1-5H3,(H,20,25). The quantitative estimate of drug-likeness (QED) is 0.664. The second-order valence-electron chi connectivity index (χ2n) is 8.32. The van der Waals surface area contributed by atoms with E-state index in [2.05, 4.69) is 10.5 Å². The van der Waals surface area contributed by atoms with E-state index in [-0.39, 0.29) is 29.5 Å². The number of aromatic nitrogens is 1. The molecule has 1 N–H and O–H groups in total. The topological polar surface area (TPSA) is 122 Å². The molecule has 0 saturated carbocycles. The molecule has 2 rings (SSSR count). The molecule has 0 spiro atoms. The zero-order valence-corrected chi connectivity index (χ0v) is 19.2. The van der Waals surface area contributed by atoms with Gasteiger partial charge < -0.3 is 19.5 Å². The normalized spacial score (nSPS) is 16.2. The fourth-order valence-electron chi connectivity index (χ4n) is 3.26. The zero-order valence-electron chi connectivity index (χ0n) is 18.4. The minimum atomic E-state index is -3.72. The predicted octanol–water partition coefficient (Wildman–Crippen LogP) is 1.82. The fourth-order valence-corrected chi connectivity index (χ4v) is 5.02. The van der Waals surface area contributed by atoms with E-state index in [1.165, 1.54) is 4.31 Å². The Morgan fingerprint density at radius 2 is 1.87 bits per heavy atom. The number of nitrogens with zero attached hydrogens (tertiary/aromatic N) is 3. The largest absolute Gasteiger partial charge is 0.444 e. The van der Waals surface area contributed by atoms with Gasteiger partial charge in [0.25, 0.3) is 0 Å². The van der Waals surface area contributed by atoms with Crippen LogP contribution in [-0.2, 0) is 19.6 Å². The number of nitrogens with one attached hydrogen (secondary N) is 1. The monoisotopic (exact) mass is 444 g/mol. The van der Waals surface area contributed by atoms with E-state index in [0.29, 0.717) is 44.7 Å². The van der Waals surface area contributed by atoms with Crippen LogP contribution in [0.15, 0.2) is 9.42 Å². The first kappa shape index (κ1) is 24.1. The second-order valence-corrected chi connectivity index (χ2v) is 10.2. The Kier molecular flexibility index (Phi) is 7.87. The van der Waals surface area contributed by atoms with Gasteiger partial charge in [0.15, 0.2) is 5.76 Å². The summed E-state index contributed by atoms with van der Waals surface area (Å²) in [6, 6.07) is 0. The van der Waals surface area contributed by atoms with Crippen LogP contribution in [0.4, 0.5) is 4.79 Å². The number of rotatable bonds is 6. The van der Waals surface area contributed by atoms with Crippen LogP contribution in [0, 0.1) is 13.8 Å². The first-order chi connectivity index (χ1) is 13.9. The van der Waals surface area contributed by atoms with Crippen LogP contribution < -0.4 is 5.32 Å². The lowest BCUT2D eigenvalue weighted by molar-refractivity contribution is -0.131. The molecule has 1 aromatic heterocycles. The summed E-state index contributed by atoms with van der Waals surface area (Å²) in [5.74, 6) is 0.208. The van der Waals surface area contributed by atoms with E-state index < -0.39 is 21.7 Å². The molecule has 0 aromatic carbocycles. The highest BCUT2D eigenvalue weighted by Gasteiger charge is 2.32. The van der Waals surface area contributed by atoms with Crippen molar-refractivity contribution in [3.05, 3.63) is 11.5 Å². The third-order valence-electron chi connectivity index (χ3n) is 4.61. The summed E-state index contributed by atoms with van der Waals surface area (Å²) in [4.78, 5) is 25.9. The smallest absolute Gasteiger partial charge is 0.407 e. The third-order valence-corrected chi connectivity index (χ3v) is 6.75. The highest BCUT2D eigenvalue weighted by Crippen LogP contribution is 2.24. The minimum Gasteiger partial charge on any atom is -0.444 e. The van der Waals surface area contributed by atoms with E-state index >= 15 is 0 Å². The summed E-state index contributed by atoms with van der Waals surface area (Å²) in [7, 11) is -3.72. The van der Waals surface area contributed by atoms with Gasteiger partial charge in [-0.15, -0.1) is 0 Å². The maximum absolute atomic E-state index is 13.0. The molecular formula is C19H32N4O6S. The van der Waals surface area contributed by atoms with Crippen LogP contribution in [0.5, 0.6) is 0 Å². The lowest BCUT2D eigenvalue weighted by Crippen LogP contribution is -2.38. The van der Waals surface area contributed by atoms with Crippen molar-refractivity contribution >= 4 is 22.0 Å². The Balaban J connectivity index is 1.83. The summed E-state index contributed by atoms with van der Waals surface area (Å²) in [6.07, 6.45) is 0.789. The van der Waals surface area contributed by atoms with Crippen LogP contribution in [0.1, 0.15) is 51.5 Å². The first-order valence-corrected chi connectivity index (χ1v) is 11.5. The van der Waals surface area contributed by atoms with E-state index in [1.807, 2.05) is 0 Å². The van der Waals surface area contributed by atoms with Gasteiger partial charge in [0.05, 0.1) is 0 Å². The summed E-state index contributed by atoms with van der Waals surface area (Å²) in [6.45, 7) is 10.2. The van der Waals surface area contributed by atoms with Crippen LogP contribution >= 0.6 is 0 Å². The molecule has 1 fully saturated rings. The van der Waals surface area contributed by atoms with E-state index in [0.717, 1.165) is 0 Å². The molecule has 170 valence electrons. The van der Waals surface area contributed by atoms with Gasteiger partial charge in [-0.05, 0) is 47.5 Å². The molecule has 2 amide bonds.